The molecule has 0 fully saturated rings. The lowest BCUT2D eigenvalue weighted by atomic mass is 9.96. The van der Waals surface area contributed by atoms with E-state index in [9.17, 15) is 4.79 Å². The molecule has 0 aliphatic heterocycles. The van der Waals surface area contributed by atoms with E-state index in [0.717, 1.165) is 44.4 Å². The van der Waals surface area contributed by atoms with E-state index in [1.807, 2.05) is 78.9 Å². The summed E-state index contributed by atoms with van der Waals surface area (Å²) in [6, 6.07) is 25.8. The molecule has 0 atom stereocenters. The van der Waals surface area contributed by atoms with E-state index in [2.05, 4.69) is 0 Å². The molecule has 0 spiro atoms. The molecule has 2 heteroatoms. The Morgan fingerprint density at radius 2 is 1.29 bits per heavy atom. The summed E-state index contributed by atoms with van der Waals surface area (Å²) >= 11 is 0. The van der Waals surface area contributed by atoms with Crippen molar-refractivity contribution in [2.75, 3.05) is 0 Å². The molecule has 112 valence electrons. The van der Waals surface area contributed by atoms with Gasteiger partial charge in [-0.2, -0.15) is 0 Å². The molecule has 0 saturated heterocycles. The van der Waals surface area contributed by atoms with Gasteiger partial charge in [-0.25, -0.2) is 4.98 Å². The van der Waals surface area contributed by atoms with Crippen molar-refractivity contribution in [1.82, 2.24) is 4.98 Å². The Morgan fingerprint density at radius 1 is 0.625 bits per heavy atom. The fourth-order valence-electron chi connectivity index (χ4n) is 3.55. The summed E-state index contributed by atoms with van der Waals surface area (Å²) in [6.45, 7) is 0. The predicted octanol–water partition coefficient (Wildman–Crippen LogP) is 5.11. The van der Waals surface area contributed by atoms with Gasteiger partial charge >= 0.3 is 0 Å². The molecule has 3 aromatic carbocycles. The zero-order valence-electron chi connectivity index (χ0n) is 12.9. The highest BCUT2D eigenvalue weighted by Gasteiger charge is 2.31. The number of hydrogen-bond donors (Lipinski definition) is 0. The minimum Gasteiger partial charge on any atom is -0.289 e. The first-order chi connectivity index (χ1) is 11.8. The van der Waals surface area contributed by atoms with Crippen molar-refractivity contribution in [3.05, 3.63) is 90.0 Å². The molecular weight excluding hydrogens is 294 g/mol. The second kappa shape index (κ2) is 4.87. The van der Waals surface area contributed by atoms with Gasteiger partial charge in [-0.3, -0.25) is 4.79 Å². The van der Waals surface area contributed by atoms with Crippen molar-refractivity contribution < 1.29 is 4.79 Å². The van der Waals surface area contributed by atoms with Crippen LogP contribution in [0.15, 0.2) is 78.9 Å². The Bertz CT molecular complexity index is 1110. The van der Waals surface area contributed by atoms with Crippen molar-refractivity contribution >= 4 is 16.7 Å². The lowest BCUT2D eigenvalue weighted by molar-refractivity contribution is 0.104. The van der Waals surface area contributed by atoms with E-state index in [0.29, 0.717) is 0 Å². The predicted molar refractivity (Wildman–Crippen MR) is 96.0 cm³/mol. The lowest BCUT2D eigenvalue weighted by Gasteiger charge is -2.11. The maximum atomic E-state index is 13.1. The number of carbonyl (C=O) groups excluding carboxylic acids is 1. The van der Waals surface area contributed by atoms with Crippen LogP contribution < -0.4 is 0 Å². The molecular formula is C22H13NO. The monoisotopic (exact) mass is 307 g/mol. The minimum atomic E-state index is 0.0939. The topological polar surface area (TPSA) is 30.0 Å². The van der Waals surface area contributed by atoms with Crippen LogP contribution in [0.3, 0.4) is 0 Å². The quantitative estimate of drug-likeness (QED) is 0.430. The van der Waals surface area contributed by atoms with Gasteiger partial charge < -0.3 is 0 Å². The Balaban J connectivity index is 1.98. The average molecular weight is 307 g/mol. The molecule has 24 heavy (non-hydrogen) atoms. The zero-order chi connectivity index (χ0) is 16.1. The number of aromatic nitrogens is 1. The van der Waals surface area contributed by atoms with Crippen LogP contribution in [0.25, 0.3) is 33.3 Å². The van der Waals surface area contributed by atoms with E-state index >= 15 is 0 Å². The van der Waals surface area contributed by atoms with E-state index in [-0.39, 0.29) is 5.78 Å². The highest BCUT2D eigenvalue weighted by Crippen LogP contribution is 2.44. The number of carbonyl (C=O) groups is 1. The fraction of sp³-hybridized carbons (Fsp3) is 0. The summed E-state index contributed by atoms with van der Waals surface area (Å²) in [6.07, 6.45) is 0. The lowest BCUT2D eigenvalue weighted by Crippen LogP contribution is -1.98. The number of benzene rings is 3. The van der Waals surface area contributed by atoms with Crippen LogP contribution in [0.2, 0.25) is 0 Å². The molecule has 2 nitrogen and oxygen atoms in total. The van der Waals surface area contributed by atoms with Crippen LogP contribution >= 0.6 is 0 Å². The molecule has 1 heterocycles. The van der Waals surface area contributed by atoms with Crippen LogP contribution in [-0.4, -0.2) is 10.8 Å². The number of para-hydroxylation sites is 1. The number of fused-ring (bicyclic) bond motifs is 5. The third-order valence-corrected chi connectivity index (χ3v) is 4.61. The first-order valence-electron chi connectivity index (χ1n) is 7.97. The third-order valence-electron chi connectivity index (χ3n) is 4.61. The second-order valence-corrected chi connectivity index (χ2v) is 5.97. The molecule has 1 aromatic heterocycles. The van der Waals surface area contributed by atoms with Gasteiger partial charge in [0, 0.05) is 27.6 Å². The van der Waals surface area contributed by atoms with Crippen molar-refractivity contribution in [1.29, 1.82) is 0 Å². The Kier molecular flexibility index (Phi) is 2.68. The molecule has 0 bridgehead atoms. The summed E-state index contributed by atoms with van der Waals surface area (Å²) in [5.74, 6) is 0.0939. The van der Waals surface area contributed by atoms with Crippen LogP contribution in [0.4, 0.5) is 0 Å². The molecule has 5 rings (SSSR count). The Hall–Kier alpha value is -3.26. The van der Waals surface area contributed by atoms with E-state index in [1.54, 1.807) is 0 Å². The summed E-state index contributed by atoms with van der Waals surface area (Å²) in [5, 5.41) is 0.924. The molecule has 0 unspecified atom stereocenters. The minimum absolute atomic E-state index is 0.0939. The highest BCUT2D eigenvalue weighted by atomic mass is 16.1. The van der Waals surface area contributed by atoms with Crippen LogP contribution in [-0.2, 0) is 0 Å². The summed E-state index contributed by atoms with van der Waals surface area (Å²) in [5.41, 5.74) is 6.25. The molecule has 1 aliphatic rings. The Morgan fingerprint density at radius 3 is 2.12 bits per heavy atom. The van der Waals surface area contributed by atoms with Gasteiger partial charge in [0.1, 0.15) is 0 Å². The number of ketones is 1. The van der Waals surface area contributed by atoms with Crippen molar-refractivity contribution in [3.8, 4) is 22.4 Å². The fourth-order valence-corrected chi connectivity index (χ4v) is 3.55. The Labute approximate surface area is 139 Å². The van der Waals surface area contributed by atoms with Gasteiger partial charge in [0.15, 0.2) is 5.78 Å². The van der Waals surface area contributed by atoms with Gasteiger partial charge in [0.25, 0.3) is 0 Å². The van der Waals surface area contributed by atoms with Gasteiger partial charge in [-0.05, 0) is 11.6 Å². The first kappa shape index (κ1) is 13.2. The smallest absolute Gasteiger partial charge is 0.195 e. The van der Waals surface area contributed by atoms with Gasteiger partial charge in [0.2, 0.25) is 0 Å². The number of rotatable bonds is 1. The SMILES string of the molecule is O=C1c2ccccc2-c2c(-c3ccccc3)nc3ccccc3c21. The van der Waals surface area contributed by atoms with Crippen LogP contribution in [0.5, 0.6) is 0 Å². The highest BCUT2D eigenvalue weighted by molar-refractivity contribution is 6.28. The van der Waals surface area contributed by atoms with E-state index < -0.39 is 0 Å². The van der Waals surface area contributed by atoms with E-state index in [4.69, 9.17) is 4.98 Å². The largest absolute Gasteiger partial charge is 0.289 e. The van der Waals surface area contributed by atoms with Crippen molar-refractivity contribution in [3.63, 3.8) is 0 Å². The first-order valence-corrected chi connectivity index (χ1v) is 7.97. The van der Waals surface area contributed by atoms with Crippen LogP contribution in [0, 0.1) is 0 Å². The maximum Gasteiger partial charge on any atom is 0.195 e. The van der Waals surface area contributed by atoms with Crippen LogP contribution in [0.1, 0.15) is 15.9 Å². The zero-order valence-corrected chi connectivity index (χ0v) is 12.9. The van der Waals surface area contributed by atoms with Gasteiger partial charge in [-0.15, -0.1) is 0 Å². The summed E-state index contributed by atoms with van der Waals surface area (Å²) in [4.78, 5) is 18.0. The maximum absolute atomic E-state index is 13.1. The molecule has 4 aromatic rings. The third kappa shape index (κ3) is 1.71. The van der Waals surface area contributed by atoms with Crippen molar-refractivity contribution in [2.24, 2.45) is 0 Å². The molecule has 0 radical (unpaired) electrons. The van der Waals surface area contributed by atoms with Gasteiger partial charge in [0.05, 0.1) is 11.2 Å². The van der Waals surface area contributed by atoms with Crippen molar-refractivity contribution in [2.45, 2.75) is 0 Å². The van der Waals surface area contributed by atoms with E-state index in [1.165, 1.54) is 0 Å². The summed E-state index contributed by atoms with van der Waals surface area (Å²) in [7, 11) is 0. The van der Waals surface area contributed by atoms with Gasteiger partial charge in [-0.1, -0.05) is 72.8 Å². The molecule has 0 amide bonds. The molecule has 0 N–H and O–H groups in total. The second-order valence-electron chi connectivity index (χ2n) is 5.97. The number of hydrogen-bond acceptors (Lipinski definition) is 2. The standard InChI is InChI=1S/C22H13NO/c24-22-16-11-5-4-10-15(16)19-20(22)17-12-6-7-13-18(17)23-21(19)14-8-2-1-3-9-14/h1-13H. The number of pyridine rings is 1. The summed E-state index contributed by atoms with van der Waals surface area (Å²) < 4.78 is 0. The number of nitrogens with zero attached hydrogens (tertiary/aromatic N) is 1. The average Bonchev–Trinajstić information content (AvgIpc) is 2.96. The molecule has 1 aliphatic carbocycles. The normalized spacial score (nSPS) is 12.2. The molecule has 0 saturated carbocycles.